The minimum atomic E-state index is -4.50. The maximum atomic E-state index is 13.1. The van der Waals surface area contributed by atoms with Gasteiger partial charge in [0, 0.05) is 17.6 Å². The van der Waals surface area contributed by atoms with Crippen LogP contribution in [0.15, 0.2) is 71.8 Å². The van der Waals surface area contributed by atoms with Gasteiger partial charge in [0.15, 0.2) is 0 Å². The fraction of sp³-hybridized carbons (Fsp3) is 0.0870. The molecule has 2 aromatic carbocycles. The van der Waals surface area contributed by atoms with Crippen LogP contribution in [0.4, 0.5) is 23.7 Å². The molecular formula is C23H15ClF3N3O3S. The number of halogens is 4. The maximum absolute atomic E-state index is 13.1. The zero-order chi connectivity index (χ0) is 24.5. The van der Waals surface area contributed by atoms with Crippen LogP contribution in [0.25, 0.3) is 11.8 Å². The molecule has 1 aliphatic heterocycles. The number of imide groups is 1. The van der Waals surface area contributed by atoms with Crippen molar-refractivity contribution in [3.8, 4) is 5.69 Å². The molecule has 2 heterocycles. The summed E-state index contributed by atoms with van der Waals surface area (Å²) in [6, 6.07) is 14.5. The van der Waals surface area contributed by atoms with E-state index in [0.29, 0.717) is 28.2 Å². The van der Waals surface area contributed by atoms with Crippen molar-refractivity contribution in [3.63, 3.8) is 0 Å². The van der Waals surface area contributed by atoms with Crippen LogP contribution < -0.4 is 5.32 Å². The molecule has 174 valence electrons. The summed E-state index contributed by atoms with van der Waals surface area (Å²) in [7, 11) is 0. The number of anilines is 1. The lowest BCUT2D eigenvalue weighted by atomic mass is 10.2. The molecule has 3 amide bonds. The van der Waals surface area contributed by atoms with E-state index in [9.17, 15) is 27.6 Å². The number of thioether (sulfide) groups is 1. The molecule has 1 N–H and O–H groups in total. The molecule has 34 heavy (non-hydrogen) atoms. The van der Waals surface area contributed by atoms with E-state index in [2.05, 4.69) is 5.32 Å². The number of nitrogens with one attached hydrogen (secondary N) is 1. The van der Waals surface area contributed by atoms with Gasteiger partial charge in [0.05, 0.1) is 21.2 Å². The lowest BCUT2D eigenvalue weighted by molar-refractivity contribution is -0.137. The molecule has 0 atom stereocenters. The molecule has 4 rings (SSSR count). The number of carbonyl (C=O) groups is 3. The summed E-state index contributed by atoms with van der Waals surface area (Å²) >= 11 is 6.65. The molecule has 3 aromatic rings. The molecule has 0 aliphatic carbocycles. The van der Waals surface area contributed by atoms with E-state index in [0.717, 1.165) is 17.0 Å². The molecule has 0 spiro atoms. The van der Waals surface area contributed by atoms with E-state index in [1.165, 1.54) is 22.8 Å². The van der Waals surface area contributed by atoms with Crippen LogP contribution in [0.5, 0.6) is 0 Å². The lowest BCUT2D eigenvalue weighted by Gasteiger charge is -2.13. The van der Waals surface area contributed by atoms with Gasteiger partial charge in [-0.05, 0) is 60.3 Å². The Morgan fingerprint density at radius 3 is 2.56 bits per heavy atom. The van der Waals surface area contributed by atoms with E-state index >= 15 is 0 Å². The molecule has 0 saturated carbocycles. The zero-order valence-corrected chi connectivity index (χ0v) is 18.7. The fourth-order valence-electron chi connectivity index (χ4n) is 3.25. The standard InChI is InChI=1S/C23H15ClF3N3O3S/c24-17-8-1-2-9-18(17)28-20(31)13-30-21(32)19(34-22(30)33)12-16-7-4-10-29(16)15-6-3-5-14(11-15)23(25,26)27/h1-12H,13H2,(H,28,31)/b19-12+. The van der Waals surface area contributed by atoms with Gasteiger partial charge in [-0.2, -0.15) is 13.2 Å². The Bertz CT molecular complexity index is 1320. The highest BCUT2D eigenvalue weighted by atomic mass is 35.5. The van der Waals surface area contributed by atoms with Gasteiger partial charge in [0.1, 0.15) is 6.54 Å². The smallest absolute Gasteiger partial charge is 0.323 e. The number of carbonyl (C=O) groups excluding carboxylic acids is 3. The Morgan fingerprint density at radius 2 is 1.82 bits per heavy atom. The molecule has 1 saturated heterocycles. The second kappa shape index (κ2) is 9.40. The van der Waals surface area contributed by atoms with Gasteiger partial charge in [-0.25, -0.2) is 0 Å². The van der Waals surface area contributed by atoms with Crippen molar-refractivity contribution in [2.75, 3.05) is 11.9 Å². The Balaban J connectivity index is 1.53. The Kier molecular flexibility index (Phi) is 6.54. The number of nitrogens with zero attached hydrogens (tertiary/aromatic N) is 2. The first-order valence-corrected chi connectivity index (χ1v) is 11.0. The van der Waals surface area contributed by atoms with Crippen molar-refractivity contribution >= 4 is 52.2 Å². The van der Waals surface area contributed by atoms with Crippen LogP contribution in [0.1, 0.15) is 11.3 Å². The van der Waals surface area contributed by atoms with Crippen molar-refractivity contribution in [3.05, 3.63) is 88.0 Å². The SMILES string of the molecule is O=C(CN1C(=O)S/C(=C/c2cccn2-c2cccc(C(F)(F)F)c2)C1=O)Nc1ccccc1Cl. The average molecular weight is 506 g/mol. The second-order valence-electron chi connectivity index (χ2n) is 7.15. The van der Waals surface area contributed by atoms with Gasteiger partial charge in [-0.3, -0.25) is 19.3 Å². The van der Waals surface area contributed by atoms with Gasteiger partial charge in [0.2, 0.25) is 5.91 Å². The van der Waals surface area contributed by atoms with Gasteiger partial charge in [0.25, 0.3) is 11.1 Å². The number of alkyl halides is 3. The molecule has 0 bridgehead atoms. The normalized spacial score (nSPS) is 15.3. The second-order valence-corrected chi connectivity index (χ2v) is 8.55. The number of rotatable bonds is 5. The molecule has 0 radical (unpaired) electrons. The van der Waals surface area contributed by atoms with Crippen molar-refractivity contribution in [2.24, 2.45) is 0 Å². The van der Waals surface area contributed by atoms with Crippen LogP contribution in [0.2, 0.25) is 5.02 Å². The molecule has 0 unspecified atom stereocenters. The van der Waals surface area contributed by atoms with E-state index < -0.39 is 35.3 Å². The van der Waals surface area contributed by atoms with Crippen LogP contribution in [0, 0.1) is 0 Å². The fourth-order valence-corrected chi connectivity index (χ4v) is 4.25. The van der Waals surface area contributed by atoms with Crippen molar-refractivity contribution in [2.45, 2.75) is 6.18 Å². The summed E-state index contributed by atoms with van der Waals surface area (Å²) in [5.74, 6) is -1.29. The summed E-state index contributed by atoms with van der Waals surface area (Å²) in [6.07, 6.45) is -1.56. The monoisotopic (exact) mass is 505 g/mol. The van der Waals surface area contributed by atoms with Gasteiger partial charge < -0.3 is 9.88 Å². The summed E-state index contributed by atoms with van der Waals surface area (Å²) in [4.78, 5) is 38.3. The minimum Gasteiger partial charge on any atom is -0.323 e. The number of aromatic nitrogens is 1. The largest absolute Gasteiger partial charge is 0.416 e. The predicted octanol–water partition coefficient (Wildman–Crippen LogP) is 5.82. The Morgan fingerprint density at radius 1 is 1.06 bits per heavy atom. The first kappa shape index (κ1) is 23.7. The first-order chi connectivity index (χ1) is 16.1. The number of para-hydroxylation sites is 1. The minimum absolute atomic E-state index is 0.0440. The molecule has 11 heteroatoms. The highest BCUT2D eigenvalue weighted by molar-refractivity contribution is 8.18. The number of amides is 3. The lowest BCUT2D eigenvalue weighted by Crippen LogP contribution is -2.36. The topological polar surface area (TPSA) is 71.4 Å². The first-order valence-electron chi connectivity index (χ1n) is 9.78. The third kappa shape index (κ3) is 5.02. The number of hydrogen-bond acceptors (Lipinski definition) is 4. The average Bonchev–Trinajstić information content (AvgIpc) is 3.35. The summed E-state index contributed by atoms with van der Waals surface area (Å²) < 4.78 is 40.7. The van der Waals surface area contributed by atoms with Gasteiger partial charge >= 0.3 is 6.18 Å². The van der Waals surface area contributed by atoms with Crippen molar-refractivity contribution in [1.82, 2.24) is 9.47 Å². The van der Waals surface area contributed by atoms with E-state index in [1.807, 2.05) is 0 Å². The molecule has 1 aromatic heterocycles. The van der Waals surface area contributed by atoms with Crippen LogP contribution in [-0.4, -0.2) is 33.1 Å². The summed E-state index contributed by atoms with van der Waals surface area (Å²) in [5.41, 5.74) is 0.167. The number of hydrogen-bond donors (Lipinski definition) is 1. The van der Waals surface area contributed by atoms with E-state index in [4.69, 9.17) is 11.6 Å². The van der Waals surface area contributed by atoms with E-state index in [1.54, 1.807) is 42.6 Å². The molecule has 6 nitrogen and oxygen atoms in total. The summed E-state index contributed by atoms with van der Waals surface area (Å²) in [6.45, 7) is -0.512. The van der Waals surface area contributed by atoms with Crippen molar-refractivity contribution < 1.29 is 27.6 Å². The zero-order valence-electron chi connectivity index (χ0n) is 17.2. The number of benzene rings is 2. The third-order valence-electron chi connectivity index (χ3n) is 4.83. The molecule has 1 aliphatic rings. The van der Waals surface area contributed by atoms with Gasteiger partial charge in [-0.15, -0.1) is 0 Å². The Hall–Kier alpha value is -3.50. The van der Waals surface area contributed by atoms with E-state index in [-0.39, 0.29) is 10.6 Å². The Labute approximate surface area is 201 Å². The van der Waals surface area contributed by atoms with Crippen LogP contribution >= 0.6 is 23.4 Å². The highest BCUT2D eigenvalue weighted by Gasteiger charge is 2.36. The van der Waals surface area contributed by atoms with Crippen LogP contribution in [0.3, 0.4) is 0 Å². The highest BCUT2D eigenvalue weighted by Crippen LogP contribution is 2.34. The molecular weight excluding hydrogens is 491 g/mol. The quantitative estimate of drug-likeness (QED) is 0.443. The van der Waals surface area contributed by atoms with Gasteiger partial charge in [-0.1, -0.05) is 29.8 Å². The third-order valence-corrected chi connectivity index (χ3v) is 6.07. The predicted molar refractivity (Wildman–Crippen MR) is 124 cm³/mol. The summed E-state index contributed by atoms with van der Waals surface area (Å²) in [5, 5.41) is 2.21. The van der Waals surface area contributed by atoms with Crippen molar-refractivity contribution in [1.29, 1.82) is 0 Å². The maximum Gasteiger partial charge on any atom is 0.416 e. The molecule has 1 fully saturated rings. The van der Waals surface area contributed by atoms with Crippen LogP contribution in [-0.2, 0) is 15.8 Å².